The number of nitriles is 1. The number of nitrogens with one attached hydrogen (secondary N) is 1. The van der Waals surface area contributed by atoms with Gasteiger partial charge in [-0.3, -0.25) is 0 Å². The first kappa shape index (κ1) is 16.0. The summed E-state index contributed by atoms with van der Waals surface area (Å²) in [4.78, 5) is 0. The van der Waals surface area contributed by atoms with Gasteiger partial charge in [0.05, 0.1) is 22.4 Å². The first-order chi connectivity index (χ1) is 9.84. The number of anilines is 1. The van der Waals surface area contributed by atoms with Crippen molar-refractivity contribution in [1.82, 2.24) is 0 Å². The number of rotatable bonds is 3. The topological polar surface area (TPSA) is 56.0 Å². The van der Waals surface area contributed by atoms with Crippen LogP contribution in [0.5, 0.6) is 0 Å². The Labute approximate surface area is 125 Å². The molecule has 0 unspecified atom stereocenters. The maximum atomic E-state index is 12.6. The van der Waals surface area contributed by atoms with E-state index in [0.29, 0.717) is 18.5 Å². The van der Waals surface area contributed by atoms with Crippen LogP contribution in [0.1, 0.15) is 24.0 Å². The summed E-state index contributed by atoms with van der Waals surface area (Å²) < 4.78 is 37.8. The molecule has 1 heterocycles. The van der Waals surface area contributed by atoms with Crippen LogP contribution in [0.25, 0.3) is 0 Å². The molecule has 1 aliphatic heterocycles. The first-order valence-corrected chi connectivity index (χ1v) is 7.65. The molecule has 0 bridgehead atoms. The van der Waals surface area contributed by atoms with Crippen LogP contribution in [0, 0.1) is 11.3 Å². The van der Waals surface area contributed by atoms with Crippen molar-refractivity contribution >= 4 is 17.4 Å². The van der Waals surface area contributed by atoms with E-state index >= 15 is 0 Å². The average Bonchev–Trinajstić information content (AvgIpc) is 2.45. The minimum absolute atomic E-state index is 0.0707. The normalized spacial score (nSPS) is 18.0. The molecule has 1 aromatic rings. The third kappa shape index (κ3) is 4.05. The van der Waals surface area contributed by atoms with E-state index in [1.54, 1.807) is 17.8 Å². The minimum atomic E-state index is -4.47. The molecule has 21 heavy (non-hydrogen) atoms. The third-order valence-electron chi connectivity index (χ3n) is 3.50. The number of aliphatic hydroxyl groups is 1. The van der Waals surface area contributed by atoms with Crippen LogP contribution in [0.15, 0.2) is 18.2 Å². The molecular weight excluding hydrogens is 301 g/mol. The van der Waals surface area contributed by atoms with Crippen molar-refractivity contribution < 1.29 is 18.3 Å². The van der Waals surface area contributed by atoms with Gasteiger partial charge < -0.3 is 10.4 Å². The lowest BCUT2D eigenvalue weighted by Gasteiger charge is -2.32. The standard InChI is InChI=1S/C14H15F3N2OS/c15-14(16,17)11-1-2-12(10(7-11)8-18)19-9-13(20)3-5-21-6-4-13/h1-2,7,19-20H,3-6,9H2. The van der Waals surface area contributed by atoms with Crippen LogP contribution in [-0.4, -0.2) is 28.8 Å². The Bertz CT molecular complexity index is 548. The summed E-state index contributed by atoms with van der Waals surface area (Å²) in [7, 11) is 0. The van der Waals surface area contributed by atoms with Crippen LogP contribution >= 0.6 is 11.8 Å². The molecule has 0 amide bonds. The Hall–Kier alpha value is -1.39. The van der Waals surface area contributed by atoms with Crippen LogP contribution < -0.4 is 5.32 Å². The van der Waals surface area contributed by atoms with Crippen molar-refractivity contribution in [3.8, 4) is 6.07 Å². The summed E-state index contributed by atoms with van der Waals surface area (Å²) in [6.45, 7) is 0.230. The number of benzene rings is 1. The highest BCUT2D eigenvalue weighted by atomic mass is 32.2. The number of thioether (sulfide) groups is 1. The van der Waals surface area contributed by atoms with Crippen LogP contribution in [0.3, 0.4) is 0 Å². The zero-order valence-electron chi connectivity index (χ0n) is 11.2. The van der Waals surface area contributed by atoms with Gasteiger partial charge in [-0.15, -0.1) is 0 Å². The van der Waals surface area contributed by atoms with Gasteiger partial charge >= 0.3 is 6.18 Å². The fourth-order valence-electron chi connectivity index (χ4n) is 2.16. The van der Waals surface area contributed by atoms with Crippen molar-refractivity contribution in [3.05, 3.63) is 29.3 Å². The summed E-state index contributed by atoms with van der Waals surface area (Å²) >= 11 is 1.77. The molecule has 0 aliphatic carbocycles. The SMILES string of the molecule is N#Cc1cc(C(F)(F)F)ccc1NCC1(O)CCSCC1. The Morgan fingerprint density at radius 1 is 1.33 bits per heavy atom. The Balaban J connectivity index is 2.12. The molecule has 1 fully saturated rings. The van der Waals surface area contributed by atoms with Gasteiger partial charge in [-0.05, 0) is 42.5 Å². The maximum absolute atomic E-state index is 12.6. The van der Waals surface area contributed by atoms with E-state index in [0.717, 1.165) is 23.6 Å². The van der Waals surface area contributed by atoms with E-state index in [-0.39, 0.29) is 12.1 Å². The van der Waals surface area contributed by atoms with Crippen LogP contribution in [0.4, 0.5) is 18.9 Å². The second-order valence-corrected chi connectivity index (χ2v) is 6.28. The molecule has 2 rings (SSSR count). The van der Waals surface area contributed by atoms with E-state index in [1.165, 1.54) is 6.07 Å². The van der Waals surface area contributed by atoms with Gasteiger partial charge in [0, 0.05) is 6.54 Å². The highest BCUT2D eigenvalue weighted by Crippen LogP contribution is 2.32. The smallest absolute Gasteiger partial charge is 0.388 e. The largest absolute Gasteiger partial charge is 0.416 e. The maximum Gasteiger partial charge on any atom is 0.416 e. The lowest BCUT2D eigenvalue weighted by molar-refractivity contribution is -0.137. The lowest BCUT2D eigenvalue weighted by atomic mass is 9.96. The van der Waals surface area contributed by atoms with Crippen molar-refractivity contribution in [1.29, 1.82) is 5.26 Å². The van der Waals surface area contributed by atoms with Gasteiger partial charge in [-0.2, -0.15) is 30.2 Å². The zero-order chi connectivity index (χ0) is 15.5. The van der Waals surface area contributed by atoms with Gasteiger partial charge in [-0.25, -0.2) is 0 Å². The quantitative estimate of drug-likeness (QED) is 0.899. The molecule has 0 spiro atoms. The molecule has 1 aliphatic rings. The van der Waals surface area contributed by atoms with Gasteiger partial charge in [0.1, 0.15) is 6.07 Å². The molecule has 0 radical (unpaired) electrons. The molecule has 3 nitrogen and oxygen atoms in total. The summed E-state index contributed by atoms with van der Waals surface area (Å²) in [6, 6.07) is 4.76. The number of alkyl halides is 3. The Morgan fingerprint density at radius 3 is 2.57 bits per heavy atom. The van der Waals surface area contributed by atoms with Crippen LogP contribution in [-0.2, 0) is 6.18 Å². The summed E-state index contributed by atoms with van der Waals surface area (Å²) in [5.74, 6) is 1.71. The Morgan fingerprint density at radius 2 is 2.00 bits per heavy atom. The average molecular weight is 316 g/mol. The summed E-state index contributed by atoms with van der Waals surface area (Å²) in [6.07, 6.45) is -3.21. The summed E-state index contributed by atoms with van der Waals surface area (Å²) in [5, 5.41) is 22.2. The third-order valence-corrected chi connectivity index (χ3v) is 4.48. The lowest BCUT2D eigenvalue weighted by Crippen LogP contribution is -2.40. The highest BCUT2D eigenvalue weighted by molar-refractivity contribution is 7.99. The monoisotopic (exact) mass is 316 g/mol. The number of nitrogens with zero attached hydrogens (tertiary/aromatic N) is 1. The molecule has 1 aromatic carbocycles. The molecule has 0 aromatic heterocycles. The minimum Gasteiger partial charge on any atom is -0.388 e. The molecule has 1 saturated heterocycles. The number of halogens is 3. The second-order valence-electron chi connectivity index (χ2n) is 5.06. The van der Waals surface area contributed by atoms with E-state index in [1.807, 2.05) is 0 Å². The highest BCUT2D eigenvalue weighted by Gasteiger charge is 2.32. The molecule has 0 atom stereocenters. The van der Waals surface area contributed by atoms with Gasteiger partial charge in [-0.1, -0.05) is 0 Å². The van der Waals surface area contributed by atoms with Gasteiger partial charge in [0.15, 0.2) is 0 Å². The molecule has 0 saturated carbocycles. The van der Waals surface area contributed by atoms with Crippen molar-refractivity contribution in [2.24, 2.45) is 0 Å². The predicted octanol–water partition coefficient (Wildman–Crippen LogP) is 3.25. The van der Waals surface area contributed by atoms with E-state index < -0.39 is 17.3 Å². The van der Waals surface area contributed by atoms with Crippen molar-refractivity contribution in [3.63, 3.8) is 0 Å². The molecule has 7 heteroatoms. The fraction of sp³-hybridized carbons (Fsp3) is 0.500. The van der Waals surface area contributed by atoms with Crippen LogP contribution in [0.2, 0.25) is 0 Å². The number of hydrogen-bond donors (Lipinski definition) is 2. The first-order valence-electron chi connectivity index (χ1n) is 6.49. The predicted molar refractivity (Wildman–Crippen MR) is 76.2 cm³/mol. The second kappa shape index (κ2) is 6.16. The molecule has 114 valence electrons. The molecule has 2 N–H and O–H groups in total. The number of hydrogen-bond acceptors (Lipinski definition) is 4. The van der Waals surface area contributed by atoms with Crippen molar-refractivity contribution in [2.45, 2.75) is 24.6 Å². The van der Waals surface area contributed by atoms with E-state index in [9.17, 15) is 18.3 Å². The Kier molecular flexibility index (Phi) is 4.69. The van der Waals surface area contributed by atoms with E-state index in [4.69, 9.17) is 5.26 Å². The van der Waals surface area contributed by atoms with E-state index in [2.05, 4.69) is 5.32 Å². The zero-order valence-corrected chi connectivity index (χ0v) is 12.0. The van der Waals surface area contributed by atoms with Gasteiger partial charge in [0.2, 0.25) is 0 Å². The fourth-order valence-corrected chi connectivity index (χ4v) is 3.41. The summed E-state index contributed by atoms with van der Waals surface area (Å²) in [5.41, 5.74) is -1.46. The van der Waals surface area contributed by atoms with Crippen molar-refractivity contribution in [2.75, 3.05) is 23.4 Å². The van der Waals surface area contributed by atoms with Gasteiger partial charge in [0.25, 0.3) is 0 Å². The molecular formula is C14H15F3N2OS.